The molecule has 0 radical (unpaired) electrons. The molecule has 0 atom stereocenters. The van der Waals surface area contributed by atoms with Gasteiger partial charge in [-0.2, -0.15) is 0 Å². The zero-order chi connectivity index (χ0) is 20.3. The molecule has 3 heterocycles. The van der Waals surface area contributed by atoms with Gasteiger partial charge in [-0.15, -0.1) is 11.3 Å². The first-order valence-corrected chi connectivity index (χ1v) is 10.4. The number of fused-ring (bicyclic) bond motifs is 2. The second kappa shape index (κ2) is 6.50. The Morgan fingerprint density at radius 2 is 2.03 bits per heavy atom. The molecule has 2 aliphatic rings. The van der Waals surface area contributed by atoms with Gasteiger partial charge in [0.15, 0.2) is 5.82 Å². The predicted octanol–water partition coefficient (Wildman–Crippen LogP) is 4.96. The summed E-state index contributed by atoms with van der Waals surface area (Å²) in [5.41, 5.74) is 2.37. The fraction of sp³-hybridized carbons (Fsp3) is 0.286. The highest BCUT2D eigenvalue weighted by Gasteiger charge is 2.59. The van der Waals surface area contributed by atoms with E-state index in [1.54, 1.807) is 7.11 Å². The largest absolute Gasteiger partial charge is 0.497 e. The lowest BCUT2D eigenvalue weighted by Gasteiger charge is -2.25. The minimum absolute atomic E-state index is 0.00567. The summed E-state index contributed by atoms with van der Waals surface area (Å²) >= 11 is 7.32. The van der Waals surface area contributed by atoms with Crippen LogP contribution >= 0.6 is 22.9 Å². The Kier molecular flexibility index (Phi) is 4.15. The maximum absolute atomic E-state index is 14.3. The topological polar surface area (TPSA) is 55.3 Å². The van der Waals surface area contributed by atoms with Crippen LogP contribution < -0.4 is 4.74 Å². The van der Waals surface area contributed by atoms with Crippen LogP contribution in [0.1, 0.15) is 39.2 Å². The molecule has 0 unspecified atom stereocenters. The highest BCUT2D eigenvalue weighted by molar-refractivity contribution is 7.16. The molecule has 5 nitrogen and oxygen atoms in total. The van der Waals surface area contributed by atoms with Gasteiger partial charge in [-0.25, -0.2) is 14.4 Å². The Morgan fingerprint density at radius 3 is 2.69 bits per heavy atom. The summed E-state index contributed by atoms with van der Waals surface area (Å²) in [4.78, 5) is 24.7. The van der Waals surface area contributed by atoms with E-state index in [2.05, 4.69) is 9.97 Å². The van der Waals surface area contributed by atoms with Crippen LogP contribution in [0, 0.1) is 12.7 Å². The van der Waals surface area contributed by atoms with Crippen molar-refractivity contribution < 1.29 is 13.9 Å². The van der Waals surface area contributed by atoms with E-state index >= 15 is 0 Å². The summed E-state index contributed by atoms with van der Waals surface area (Å²) in [5.74, 6) is 0.242. The Morgan fingerprint density at radius 1 is 1.31 bits per heavy atom. The van der Waals surface area contributed by atoms with E-state index in [1.165, 1.54) is 11.3 Å². The second-order valence-electron chi connectivity index (χ2n) is 7.37. The number of hydrogen-bond acceptors (Lipinski definition) is 5. The third-order valence-electron chi connectivity index (χ3n) is 5.70. The number of ether oxygens (including phenoxy) is 1. The summed E-state index contributed by atoms with van der Waals surface area (Å²) in [6, 6.07) is 7.75. The molecular weight excluding hydrogens is 413 g/mol. The Balaban J connectivity index is 1.53. The highest BCUT2D eigenvalue weighted by Crippen LogP contribution is 2.61. The van der Waals surface area contributed by atoms with Crippen LogP contribution in [0.25, 0.3) is 10.6 Å². The van der Waals surface area contributed by atoms with Crippen molar-refractivity contribution >= 4 is 28.8 Å². The van der Waals surface area contributed by atoms with Crippen LogP contribution in [0.4, 0.5) is 4.39 Å². The van der Waals surface area contributed by atoms with Gasteiger partial charge in [0.05, 0.1) is 29.3 Å². The third-order valence-corrected chi connectivity index (χ3v) is 7.37. The molecule has 2 aromatic heterocycles. The number of halogens is 2. The molecule has 5 rings (SSSR count). The smallest absolute Gasteiger partial charge is 0.256 e. The number of aromatic nitrogens is 2. The Labute approximate surface area is 176 Å². The highest BCUT2D eigenvalue weighted by atomic mass is 35.5. The van der Waals surface area contributed by atoms with Crippen molar-refractivity contribution in [1.82, 2.24) is 14.9 Å². The van der Waals surface area contributed by atoms with E-state index in [0.29, 0.717) is 17.0 Å². The molecule has 1 spiro atoms. The van der Waals surface area contributed by atoms with Gasteiger partial charge < -0.3 is 9.64 Å². The third kappa shape index (κ3) is 2.75. The molecule has 1 aliphatic heterocycles. The second-order valence-corrected chi connectivity index (χ2v) is 8.73. The number of methoxy groups -OCH3 is 1. The zero-order valence-corrected chi connectivity index (χ0v) is 17.4. The van der Waals surface area contributed by atoms with Gasteiger partial charge in [0.1, 0.15) is 11.4 Å². The molecule has 1 aromatic carbocycles. The molecule has 0 bridgehead atoms. The van der Waals surface area contributed by atoms with Crippen molar-refractivity contribution in [1.29, 1.82) is 0 Å². The molecule has 148 valence electrons. The summed E-state index contributed by atoms with van der Waals surface area (Å²) in [5, 5.41) is -0.0112. The molecule has 1 saturated carbocycles. The van der Waals surface area contributed by atoms with Crippen LogP contribution in [-0.4, -0.2) is 27.9 Å². The van der Waals surface area contributed by atoms with E-state index in [-0.39, 0.29) is 22.4 Å². The van der Waals surface area contributed by atoms with Crippen molar-refractivity contribution in [2.45, 2.75) is 31.8 Å². The van der Waals surface area contributed by atoms with Crippen molar-refractivity contribution in [2.24, 2.45) is 0 Å². The van der Waals surface area contributed by atoms with E-state index in [1.807, 2.05) is 36.1 Å². The van der Waals surface area contributed by atoms with Crippen LogP contribution in [0.5, 0.6) is 5.75 Å². The molecule has 1 aliphatic carbocycles. The van der Waals surface area contributed by atoms with Crippen molar-refractivity contribution in [2.75, 3.05) is 7.11 Å². The normalized spacial score (nSPS) is 16.4. The molecule has 0 saturated heterocycles. The minimum atomic E-state index is -0.537. The molecule has 1 fully saturated rings. The number of nitrogens with zero attached hydrogens (tertiary/aromatic N) is 3. The standard InChI is InChI=1S/C21H17ClFN3O2S/c1-11-15-18(29-17(11)16-14(23)9-24-20(22)25-16)21(7-8-21)26(19(15)27)10-12-3-5-13(28-2)6-4-12/h3-6,9H,7-8,10H2,1-2H3. The Bertz CT molecular complexity index is 1140. The fourth-order valence-electron chi connectivity index (χ4n) is 4.03. The maximum atomic E-state index is 14.3. The Hall–Kier alpha value is -2.51. The average molecular weight is 430 g/mol. The SMILES string of the molecule is COc1ccc(CN2C(=O)c3c(sc(-c4nc(Cl)ncc4F)c3C)C23CC3)cc1. The number of benzene rings is 1. The van der Waals surface area contributed by atoms with Gasteiger partial charge in [0.25, 0.3) is 5.91 Å². The molecule has 3 aromatic rings. The number of amides is 1. The molecule has 0 N–H and O–H groups in total. The predicted molar refractivity (Wildman–Crippen MR) is 109 cm³/mol. The lowest BCUT2D eigenvalue weighted by molar-refractivity contribution is 0.0684. The van der Waals surface area contributed by atoms with Crippen LogP contribution in [0.15, 0.2) is 30.5 Å². The fourth-order valence-corrected chi connectivity index (χ4v) is 5.71. The zero-order valence-electron chi connectivity index (χ0n) is 15.8. The maximum Gasteiger partial charge on any atom is 0.256 e. The number of carbonyl (C=O) groups is 1. The lowest BCUT2D eigenvalue weighted by Crippen LogP contribution is -2.33. The summed E-state index contributed by atoms with van der Waals surface area (Å²) < 4.78 is 19.6. The van der Waals surface area contributed by atoms with Crippen LogP contribution in [0.2, 0.25) is 5.28 Å². The number of carbonyl (C=O) groups excluding carboxylic acids is 1. The summed E-state index contributed by atoms with van der Waals surface area (Å²) in [6.07, 6.45) is 2.89. The number of rotatable bonds is 4. The number of thiophene rings is 1. The van der Waals surface area contributed by atoms with Gasteiger partial charge in [-0.3, -0.25) is 4.79 Å². The molecule has 8 heteroatoms. The van der Waals surface area contributed by atoms with Gasteiger partial charge >= 0.3 is 0 Å². The first-order valence-electron chi connectivity index (χ1n) is 9.22. The van der Waals surface area contributed by atoms with Gasteiger partial charge in [-0.05, 0) is 54.6 Å². The summed E-state index contributed by atoms with van der Waals surface area (Å²) in [7, 11) is 1.63. The van der Waals surface area contributed by atoms with Gasteiger partial charge in [0.2, 0.25) is 5.28 Å². The quantitative estimate of drug-likeness (QED) is 0.550. The van der Waals surface area contributed by atoms with E-state index in [4.69, 9.17) is 16.3 Å². The van der Waals surface area contributed by atoms with Crippen LogP contribution in [-0.2, 0) is 12.1 Å². The minimum Gasteiger partial charge on any atom is -0.497 e. The van der Waals surface area contributed by atoms with E-state index in [0.717, 1.165) is 40.8 Å². The van der Waals surface area contributed by atoms with Gasteiger partial charge in [-0.1, -0.05) is 12.1 Å². The monoisotopic (exact) mass is 429 g/mol. The first kappa shape index (κ1) is 18.5. The van der Waals surface area contributed by atoms with Gasteiger partial charge in [0, 0.05) is 11.4 Å². The van der Waals surface area contributed by atoms with Crippen molar-refractivity contribution in [3.8, 4) is 16.3 Å². The summed E-state index contributed by atoms with van der Waals surface area (Å²) in [6.45, 7) is 2.39. The average Bonchev–Trinajstić information content (AvgIpc) is 3.40. The molecule has 1 amide bonds. The van der Waals surface area contributed by atoms with Crippen molar-refractivity contribution in [3.05, 3.63) is 63.1 Å². The van der Waals surface area contributed by atoms with E-state index in [9.17, 15) is 9.18 Å². The molecular formula is C21H17ClFN3O2S. The first-order chi connectivity index (χ1) is 13.9. The molecule has 29 heavy (non-hydrogen) atoms. The van der Waals surface area contributed by atoms with E-state index < -0.39 is 5.82 Å². The number of hydrogen-bond donors (Lipinski definition) is 0. The lowest BCUT2D eigenvalue weighted by atomic mass is 10.1. The van der Waals surface area contributed by atoms with Crippen molar-refractivity contribution in [3.63, 3.8) is 0 Å². The van der Waals surface area contributed by atoms with Crippen LogP contribution in [0.3, 0.4) is 0 Å².